The summed E-state index contributed by atoms with van der Waals surface area (Å²) in [6.45, 7) is 4.34. The van der Waals surface area contributed by atoms with Crippen molar-refractivity contribution in [2.75, 3.05) is 39.4 Å². The first-order chi connectivity index (χ1) is 12.2. The van der Waals surface area contributed by atoms with E-state index in [1.54, 1.807) is 4.90 Å². The lowest BCUT2D eigenvalue weighted by atomic mass is 9.78. The highest BCUT2D eigenvalue weighted by Gasteiger charge is 2.40. The predicted molar refractivity (Wildman–Crippen MR) is 92.7 cm³/mol. The molecule has 3 aliphatic rings. The molecule has 2 aliphatic heterocycles. The van der Waals surface area contributed by atoms with E-state index in [2.05, 4.69) is 5.32 Å². The minimum Gasteiger partial charge on any atom is -0.487 e. The van der Waals surface area contributed by atoms with Crippen molar-refractivity contribution in [1.82, 2.24) is 10.2 Å². The minimum atomic E-state index is -0.479. The number of aliphatic hydroxyl groups is 1. The molecule has 136 valence electrons. The maximum atomic E-state index is 12.8. The number of morpholine rings is 1. The molecule has 6 nitrogen and oxygen atoms in total. The van der Waals surface area contributed by atoms with Crippen LogP contribution in [0.2, 0.25) is 0 Å². The predicted octanol–water partition coefficient (Wildman–Crippen LogP) is 0.897. The Morgan fingerprint density at radius 2 is 1.88 bits per heavy atom. The maximum absolute atomic E-state index is 12.8. The van der Waals surface area contributed by atoms with Crippen molar-refractivity contribution < 1.29 is 19.4 Å². The number of amides is 1. The van der Waals surface area contributed by atoms with E-state index in [9.17, 15) is 9.90 Å². The van der Waals surface area contributed by atoms with Gasteiger partial charge in [-0.05, 0) is 49.9 Å². The molecule has 1 aromatic carbocycles. The zero-order chi connectivity index (χ0) is 17.2. The van der Waals surface area contributed by atoms with Crippen molar-refractivity contribution in [2.45, 2.75) is 25.0 Å². The summed E-state index contributed by atoms with van der Waals surface area (Å²) in [6, 6.07) is 7.37. The number of ether oxygens (including phenoxy) is 2. The van der Waals surface area contributed by atoms with Gasteiger partial charge in [0.15, 0.2) is 0 Å². The molecular weight excluding hydrogens is 320 g/mol. The van der Waals surface area contributed by atoms with Crippen LogP contribution in [0, 0.1) is 11.8 Å². The molecule has 2 saturated heterocycles. The number of fused-ring (bicyclic) bond motifs is 1. The van der Waals surface area contributed by atoms with Crippen LogP contribution in [0.1, 0.15) is 23.2 Å². The number of carbonyl (C=O) groups excluding carboxylic acids is 1. The van der Waals surface area contributed by atoms with E-state index in [4.69, 9.17) is 9.47 Å². The summed E-state index contributed by atoms with van der Waals surface area (Å²) in [6.07, 6.45) is 0.869. The van der Waals surface area contributed by atoms with E-state index < -0.39 is 6.10 Å². The summed E-state index contributed by atoms with van der Waals surface area (Å²) in [5, 5.41) is 13.9. The molecule has 1 saturated carbocycles. The Labute approximate surface area is 148 Å². The second kappa shape index (κ2) is 7.32. The van der Waals surface area contributed by atoms with Gasteiger partial charge in [-0.1, -0.05) is 12.1 Å². The molecule has 4 atom stereocenters. The van der Waals surface area contributed by atoms with Crippen LogP contribution in [0.15, 0.2) is 24.3 Å². The molecule has 0 aromatic heterocycles. The number of rotatable bonds is 3. The quantitative estimate of drug-likeness (QED) is 0.851. The van der Waals surface area contributed by atoms with E-state index in [-0.39, 0.29) is 12.0 Å². The summed E-state index contributed by atoms with van der Waals surface area (Å²) in [5.41, 5.74) is 0.572. The summed E-state index contributed by atoms with van der Waals surface area (Å²) in [7, 11) is 0. The SMILES string of the molecule is O=C(c1ccccc1O[C@@H]1C[C@@H]2CNC[C@@H]2C[C@H]1O)N1CCOCC1. The van der Waals surface area contributed by atoms with Crippen molar-refractivity contribution in [2.24, 2.45) is 11.8 Å². The number of hydrogen-bond donors (Lipinski definition) is 2. The molecule has 6 heteroatoms. The van der Waals surface area contributed by atoms with E-state index in [1.807, 2.05) is 24.3 Å². The van der Waals surface area contributed by atoms with Crippen LogP contribution in [-0.2, 0) is 4.74 Å². The van der Waals surface area contributed by atoms with Gasteiger partial charge in [-0.2, -0.15) is 0 Å². The van der Waals surface area contributed by atoms with Crippen molar-refractivity contribution >= 4 is 5.91 Å². The summed E-state index contributed by atoms with van der Waals surface area (Å²) in [5.74, 6) is 1.65. The van der Waals surface area contributed by atoms with Gasteiger partial charge < -0.3 is 24.8 Å². The van der Waals surface area contributed by atoms with Crippen LogP contribution in [0.3, 0.4) is 0 Å². The summed E-state index contributed by atoms with van der Waals surface area (Å²) in [4.78, 5) is 14.6. The highest BCUT2D eigenvalue weighted by molar-refractivity contribution is 5.97. The van der Waals surface area contributed by atoms with E-state index in [1.165, 1.54) is 0 Å². The highest BCUT2D eigenvalue weighted by Crippen LogP contribution is 2.35. The molecule has 1 aliphatic carbocycles. The number of aliphatic hydroxyl groups excluding tert-OH is 1. The molecule has 0 radical (unpaired) electrons. The largest absolute Gasteiger partial charge is 0.487 e. The monoisotopic (exact) mass is 346 g/mol. The third-order valence-electron chi connectivity index (χ3n) is 5.68. The Balaban J connectivity index is 1.49. The molecule has 1 aromatic rings. The molecule has 3 fully saturated rings. The summed E-state index contributed by atoms with van der Waals surface area (Å²) >= 11 is 0. The second-order valence-electron chi connectivity index (χ2n) is 7.27. The van der Waals surface area contributed by atoms with Crippen LogP contribution in [0.4, 0.5) is 0 Å². The average molecular weight is 346 g/mol. The smallest absolute Gasteiger partial charge is 0.257 e. The van der Waals surface area contributed by atoms with Crippen molar-refractivity contribution in [3.63, 3.8) is 0 Å². The number of carbonyl (C=O) groups is 1. The zero-order valence-corrected chi connectivity index (χ0v) is 14.4. The minimum absolute atomic E-state index is 0.0235. The number of benzene rings is 1. The standard InChI is InChI=1S/C19H26N2O4/c22-16-9-13-11-20-12-14(13)10-18(16)25-17-4-2-1-3-15(17)19(23)21-5-7-24-8-6-21/h1-4,13-14,16,18,20,22H,5-12H2/t13-,14+,16+,18+/m0/s1. The van der Waals surface area contributed by atoms with Gasteiger partial charge in [-0.3, -0.25) is 4.79 Å². The van der Waals surface area contributed by atoms with E-state index in [0.29, 0.717) is 49.5 Å². The third kappa shape index (κ3) is 3.52. The van der Waals surface area contributed by atoms with Gasteiger partial charge in [0, 0.05) is 13.1 Å². The van der Waals surface area contributed by atoms with Gasteiger partial charge in [-0.15, -0.1) is 0 Å². The van der Waals surface area contributed by atoms with Gasteiger partial charge in [0.25, 0.3) is 5.91 Å². The van der Waals surface area contributed by atoms with Gasteiger partial charge in [-0.25, -0.2) is 0 Å². The number of nitrogens with zero attached hydrogens (tertiary/aromatic N) is 1. The molecule has 2 heterocycles. The second-order valence-corrected chi connectivity index (χ2v) is 7.27. The zero-order valence-electron chi connectivity index (χ0n) is 14.4. The Kier molecular flexibility index (Phi) is 4.92. The molecule has 0 unspecified atom stereocenters. The maximum Gasteiger partial charge on any atom is 0.257 e. The Morgan fingerprint density at radius 3 is 2.68 bits per heavy atom. The van der Waals surface area contributed by atoms with Crippen molar-refractivity contribution in [3.05, 3.63) is 29.8 Å². The lowest BCUT2D eigenvalue weighted by molar-refractivity contribution is -0.0237. The third-order valence-corrected chi connectivity index (χ3v) is 5.68. The van der Waals surface area contributed by atoms with E-state index in [0.717, 1.165) is 25.9 Å². The van der Waals surface area contributed by atoms with Crippen LogP contribution < -0.4 is 10.1 Å². The lowest BCUT2D eigenvalue weighted by Crippen LogP contribution is -2.43. The van der Waals surface area contributed by atoms with Crippen LogP contribution in [0.5, 0.6) is 5.75 Å². The number of nitrogens with one attached hydrogen (secondary N) is 1. The van der Waals surface area contributed by atoms with Crippen LogP contribution in [0.25, 0.3) is 0 Å². The fourth-order valence-corrected chi connectivity index (χ4v) is 4.23. The number of para-hydroxylation sites is 1. The van der Waals surface area contributed by atoms with Gasteiger partial charge in [0.05, 0.1) is 24.9 Å². The Bertz CT molecular complexity index is 617. The van der Waals surface area contributed by atoms with Crippen molar-refractivity contribution in [3.8, 4) is 5.75 Å². The molecule has 1 amide bonds. The van der Waals surface area contributed by atoms with Gasteiger partial charge in [0.1, 0.15) is 11.9 Å². The molecule has 2 N–H and O–H groups in total. The Hall–Kier alpha value is -1.63. The molecule has 4 rings (SSSR count). The average Bonchev–Trinajstić information content (AvgIpc) is 3.10. The first-order valence-electron chi connectivity index (χ1n) is 9.24. The van der Waals surface area contributed by atoms with Crippen LogP contribution in [-0.4, -0.2) is 67.5 Å². The lowest BCUT2D eigenvalue weighted by Gasteiger charge is -2.36. The topological polar surface area (TPSA) is 71.0 Å². The van der Waals surface area contributed by atoms with E-state index >= 15 is 0 Å². The van der Waals surface area contributed by atoms with Gasteiger partial charge >= 0.3 is 0 Å². The number of hydrogen-bond acceptors (Lipinski definition) is 5. The summed E-state index contributed by atoms with van der Waals surface area (Å²) < 4.78 is 11.5. The molecule has 25 heavy (non-hydrogen) atoms. The highest BCUT2D eigenvalue weighted by atomic mass is 16.5. The van der Waals surface area contributed by atoms with Crippen molar-refractivity contribution in [1.29, 1.82) is 0 Å². The fourth-order valence-electron chi connectivity index (χ4n) is 4.23. The Morgan fingerprint density at radius 1 is 1.16 bits per heavy atom. The van der Waals surface area contributed by atoms with Gasteiger partial charge in [0.2, 0.25) is 0 Å². The fraction of sp³-hybridized carbons (Fsp3) is 0.632. The first kappa shape index (κ1) is 16.8. The van der Waals surface area contributed by atoms with Crippen LogP contribution >= 0.6 is 0 Å². The molecular formula is C19H26N2O4. The molecule has 0 bridgehead atoms. The molecule has 0 spiro atoms. The first-order valence-corrected chi connectivity index (χ1v) is 9.24. The normalized spacial score (nSPS) is 32.3.